The van der Waals surface area contributed by atoms with E-state index in [1.54, 1.807) is 33.0 Å². The van der Waals surface area contributed by atoms with Crippen molar-refractivity contribution < 1.29 is 31.0 Å². The third-order valence-corrected chi connectivity index (χ3v) is 6.48. The predicted octanol–water partition coefficient (Wildman–Crippen LogP) is 4.11. The fraction of sp³-hybridized carbons (Fsp3) is 0.158. The third kappa shape index (κ3) is 4.51. The Hall–Kier alpha value is -3.06. The Morgan fingerprint density at radius 3 is 2.03 bits per heavy atom. The standard InChI is InChI=1S/C19H19N3O7S2/c1-10-6-15(16(7-11(10)2)30(24,25)26)21-22-18-17(31(27,28)29)9-12-8-13(20-3)4-5-14(12)19(18)23/h4-9,20,23H,1-3H3,(H,24,25,26)(H,27,28,29)/b22-21+. The molecule has 12 heteroatoms. The molecule has 0 saturated heterocycles. The van der Waals surface area contributed by atoms with Gasteiger partial charge in [0.05, 0.1) is 0 Å². The van der Waals surface area contributed by atoms with Gasteiger partial charge < -0.3 is 10.4 Å². The fourth-order valence-electron chi connectivity index (χ4n) is 2.96. The maximum atomic E-state index is 11.9. The molecule has 164 valence electrons. The molecule has 0 radical (unpaired) electrons. The molecule has 3 aromatic carbocycles. The van der Waals surface area contributed by atoms with Crippen LogP contribution in [0.1, 0.15) is 11.1 Å². The highest BCUT2D eigenvalue weighted by Crippen LogP contribution is 2.42. The molecule has 0 atom stereocenters. The lowest BCUT2D eigenvalue weighted by atomic mass is 10.1. The number of hydrogen-bond donors (Lipinski definition) is 4. The van der Waals surface area contributed by atoms with Gasteiger partial charge >= 0.3 is 0 Å². The molecule has 0 bridgehead atoms. The Morgan fingerprint density at radius 2 is 1.45 bits per heavy atom. The summed E-state index contributed by atoms with van der Waals surface area (Å²) >= 11 is 0. The summed E-state index contributed by atoms with van der Waals surface area (Å²) in [6.45, 7) is 3.31. The van der Waals surface area contributed by atoms with Gasteiger partial charge in [0.15, 0.2) is 5.75 Å². The third-order valence-electron chi connectivity index (χ3n) is 4.73. The minimum Gasteiger partial charge on any atom is -0.505 e. The largest absolute Gasteiger partial charge is 0.505 e. The molecule has 4 N–H and O–H groups in total. The normalized spacial score (nSPS) is 12.5. The van der Waals surface area contributed by atoms with Crippen molar-refractivity contribution in [1.29, 1.82) is 0 Å². The molecule has 0 saturated carbocycles. The van der Waals surface area contributed by atoms with Crippen LogP contribution < -0.4 is 5.32 Å². The molecule has 3 rings (SSSR count). The highest BCUT2D eigenvalue weighted by Gasteiger charge is 2.23. The van der Waals surface area contributed by atoms with Crippen molar-refractivity contribution in [2.75, 3.05) is 12.4 Å². The van der Waals surface area contributed by atoms with Crippen molar-refractivity contribution >= 4 is 48.1 Å². The number of azo groups is 1. The van der Waals surface area contributed by atoms with Crippen LogP contribution in [0.15, 0.2) is 56.4 Å². The van der Waals surface area contributed by atoms with Crippen LogP contribution in [-0.2, 0) is 20.2 Å². The smallest absolute Gasteiger partial charge is 0.296 e. The molecule has 0 heterocycles. The van der Waals surface area contributed by atoms with Gasteiger partial charge in [-0.05, 0) is 66.8 Å². The predicted molar refractivity (Wildman–Crippen MR) is 115 cm³/mol. The van der Waals surface area contributed by atoms with Crippen molar-refractivity contribution in [1.82, 2.24) is 0 Å². The molecule has 0 aliphatic rings. The average Bonchev–Trinajstić information content (AvgIpc) is 2.67. The molecule has 0 aromatic heterocycles. The van der Waals surface area contributed by atoms with Crippen LogP contribution in [0, 0.1) is 13.8 Å². The van der Waals surface area contributed by atoms with E-state index in [-0.39, 0.29) is 11.1 Å². The first-order chi connectivity index (χ1) is 14.3. The van der Waals surface area contributed by atoms with Gasteiger partial charge in [0, 0.05) is 18.1 Å². The Morgan fingerprint density at radius 1 is 0.839 bits per heavy atom. The molecule has 0 aliphatic carbocycles. The van der Waals surface area contributed by atoms with Gasteiger partial charge in [-0.15, -0.1) is 10.2 Å². The second kappa shape index (κ2) is 7.89. The summed E-state index contributed by atoms with van der Waals surface area (Å²) in [6.07, 6.45) is 0. The van der Waals surface area contributed by atoms with Gasteiger partial charge in [-0.2, -0.15) is 16.8 Å². The van der Waals surface area contributed by atoms with E-state index in [1.165, 1.54) is 18.2 Å². The molecular formula is C19H19N3O7S2. The number of aryl methyl sites for hydroxylation is 2. The van der Waals surface area contributed by atoms with E-state index in [4.69, 9.17) is 0 Å². The van der Waals surface area contributed by atoms with Gasteiger partial charge in [0.2, 0.25) is 0 Å². The minimum absolute atomic E-state index is 0.232. The summed E-state index contributed by atoms with van der Waals surface area (Å²) in [4.78, 5) is -1.25. The van der Waals surface area contributed by atoms with Gasteiger partial charge in [0.1, 0.15) is 21.2 Å². The zero-order valence-corrected chi connectivity index (χ0v) is 18.3. The van der Waals surface area contributed by atoms with Crippen molar-refractivity contribution in [3.63, 3.8) is 0 Å². The molecule has 0 unspecified atom stereocenters. The van der Waals surface area contributed by atoms with Crippen molar-refractivity contribution in [2.45, 2.75) is 23.6 Å². The van der Waals surface area contributed by atoms with Crippen LogP contribution in [0.5, 0.6) is 5.75 Å². The first kappa shape index (κ1) is 22.6. The van der Waals surface area contributed by atoms with Crippen LogP contribution in [0.25, 0.3) is 10.8 Å². The number of nitrogens with zero attached hydrogens (tertiary/aromatic N) is 2. The maximum absolute atomic E-state index is 11.9. The molecule has 0 spiro atoms. The van der Waals surface area contributed by atoms with Crippen molar-refractivity contribution in [3.05, 3.63) is 47.5 Å². The number of aromatic hydroxyl groups is 1. The summed E-state index contributed by atoms with van der Waals surface area (Å²) in [5.74, 6) is -0.575. The maximum Gasteiger partial charge on any atom is 0.296 e. The highest BCUT2D eigenvalue weighted by molar-refractivity contribution is 7.86. The molecule has 0 fully saturated rings. The zero-order valence-electron chi connectivity index (χ0n) is 16.6. The van der Waals surface area contributed by atoms with E-state index in [0.717, 1.165) is 6.07 Å². The zero-order chi connectivity index (χ0) is 23.1. The van der Waals surface area contributed by atoms with E-state index in [1.807, 2.05) is 0 Å². The monoisotopic (exact) mass is 465 g/mol. The lowest BCUT2D eigenvalue weighted by molar-refractivity contribution is 0.472. The Kier molecular flexibility index (Phi) is 5.76. The number of fused-ring (bicyclic) bond motifs is 1. The van der Waals surface area contributed by atoms with Gasteiger partial charge in [-0.1, -0.05) is 0 Å². The second-order valence-corrected chi connectivity index (χ2v) is 9.59. The Labute approximate surface area is 178 Å². The van der Waals surface area contributed by atoms with Crippen LogP contribution >= 0.6 is 0 Å². The summed E-state index contributed by atoms with van der Waals surface area (Å²) in [5.41, 5.74) is 0.997. The Balaban J connectivity index is 2.30. The van der Waals surface area contributed by atoms with Crippen LogP contribution in [-0.4, -0.2) is 38.1 Å². The topological polar surface area (TPSA) is 166 Å². The number of phenolic OH excluding ortho intramolecular Hbond substituents is 1. The molecule has 0 aliphatic heterocycles. The molecular weight excluding hydrogens is 446 g/mol. The van der Waals surface area contributed by atoms with Crippen LogP contribution in [0.4, 0.5) is 17.1 Å². The van der Waals surface area contributed by atoms with Crippen molar-refractivity contribution in [3.8, 4) is 5.75 Å². The lowest BCUT2D eigenvalue weighted by Crippen LogP contribution is -2.00. The van der Waals surface area contributed by atoms with Crippen molar-refractivity contribution in [2.24, 2.45) is 10.2 Å². The molecule has 31 heavy (non-hydrogen) atoms. The SMILES string of the molecule is CNc1ccc2c(O)c(/N=N/c3cc(C)c(C)cc3S(=O)(=O)O)c(S(=O)(=O)O)cc2c1. The number of nitrogens with one attached hydrogen (secondary N) is 1. The number of anilines is 1. The van der Waals surface area contributed by atoms with E-state index >= 15 is 0 Å². The first-order valence-electron chi connectivity index (χ1n) is 8.78. The molecule has 0 amide bonds. The quantitative estimate of drug-likeness (QED) is 0.323. The van der Waals surface area contributed by atoms with Gasteiger partial charge in [0.25, 0.3) is 20.2 Å². The second-order valence-electron chi connectivity index (χ2n) is 6.81. The van der Waals surface area contributed by atoms with E-state index in [2.05, 4.69) is 15.5 Å². The number of benzene rings is 3. The summed E-state index contributed by atoms with van der Waals surface area (Å²) in [5, 5.41) is 21.5. The van der Waals surface area contributed by atoms with Gasteiger partial charge in [-0.3, -0.25) is 9.11 Å². The van der Waals surface area contributed by atoms with E-state index < -0.39 is 41.5 Å². The number of hydrogen-bond acceptors (Lipinski definition) is 8. The summed E-state index contributed by atoms with van der Waals surface area (Å²) in [7, 11) is -7.83. The highest BCUT2D eigenvalue weighted by atomic mass is 32.2. The summed E-state index contributed by atoms with van der Waals surface area (Å²) in [6, 6.07) is 8.36. The Bertz CT molecular complexity index is 1450. The lowest BCUT2D eigenvalue weighted by Gasteiger charge is -2.11. The van der Waals surface area contributed by atoms with E-state index in [9.17, 15) is 31.0 Å². The molecule has 3 aromatic rings. The minimum atomic E-state index is -4.83. The van der Waals surface area contributed by atoms with Crippen LogP contribution in [0.2, 0.25) is 0 Å². The first-order valence-corrected chi connectivity index (χ1v) is 11.7. The van der Waals surface area contributed by atoms with E-state index in [0.29, 0.717) is 22.2 Å². The molecule has 10 nitrogen and oxygen atoms in total. The fourth-order valence-corrected chi connectivity index (χ4v) is 4.31. The van der Waals surface area contributed by atoms with Crippen LogP contribution in [0.3, 0.4) is 0 Å². The summed E-state index contributed by atoms with van der Waals surface area (Å²) < 4.78 is 66.4. The van der Waals surface area contributed by atoms with Gasteiger partial charge in [-0.25, -0.2) is 0 Å². The number of rotatable bonds is 5. The average molecular weight is 466 g/mol. The number of phenols is 1.